The normalized spacial score (nSPS) is 6.55. The van der Waals surface area contributed by atoms with E-state index in [0.29, 0.717) is 0 Å². The summed E-state index contributed by atoms with van der Waals surface area (Å²) < 4.78 is 14.0. The molecule has 0 aliphatic rings. The molecule has 0 N–H and O–H groups in total. The van der Waals surface area contributed by atoms with Gasteiger partial charge in [0.1, 0.15) is 13.2 Å². The van der Waals surface area contributed by atoms with Crippen LogP contribution in [0, 0.1) is 0 Å². The van der Waals surface area contributed by atoms with Crippen molar-refractivity contribution in [1.29, 1.82) is 0 Å². The third-order valence-electron chi connectivity index (χ3n) is 1.28. The Morgan fingerprint density at radius 1 is 0.636 bits per heavy atom. The molecule has 142 valence electrons. The van der Waals surface area contributed by atoms with Crippen LogP contribution in [0.2, 0.25) is 0 Å². The molecule has 0 atom stereocenters. The number of esters is 3. The molecule has 0 heterocycles. The van der Waals surface area contributed by atoms with Crippen molar-refractivity contribution in [2.24, 2.45) is 0 Å². The van der Waals surface area contributed by atoms with Gasteiger partial charge in [0, 0.05) is 20.8 Å². The summed E-state index contributed by atoms with van der Waals surface area (Å²) in [6.45, 7) is 3.44. The first-order valence-electron chi connectivity index (χ1n) is 4.35. The minimum Gasteiger partial charge on any atom is -0.462 e. The van der Waals surface area contributed by atoms with Crippen LogP contribution in [0.25, 0.3) is 0 Å². The number of carbonyl (C=O) groups excluding carboxylic acids is 3. The maximum atomic E-state index is 10.6. The van der Waals surface area contributed by atoms with E-state index in [4.69, 9.17) is 4.74 Å². The molecular weight excluding hydrogens is 288 g/mol. The first kappa shape index (κ1) is 49.9. The number of ether oxygens (including phenoxy) is 3. The van der Waals surface area contributed by atoms with Crippen molar-refractivity contribution in [3.63, 3.8) is 0 Å². The number of carbonyl (C=O) groups is 3. The topological polar surface area (TPSA) is 78.9 Å². The summed E-state index contributed by atoms with van der Waals surface area (Å²) in [5.74, 6) is -1.51. The number of rotatable bonds is 5. The largest absolute Gasteiger partial charge is 0.462 e. The van der Waals surface area contributed by atoms with E-state index in [0.717, 1.165) is 0 Å². The molecule has 0 rings (SSSR count). The van der Waals surface area contributed by atoms with Gasteiger partial charge in [0.05, 0.1) is 0 Å². The highest BCUT2D eigenvalue weighted by Crippen LogP contribution is 1.97. The molecule has 0 unspecified atom stereocenters. The van der Waals surface area contributed by atoms with Crippen molar-refractivity contribution >= 4 is 17.9 Å². The lowest BCUT2D eigenvalue weighted by Crippen LogP contribution is -2.29. The van der Waals surface area contributed by atoms with Gasteiger partial charge in [-0.05, 0) is 0 Å². The molecule has 0 aromatic rings. The molecule has 0 bridgehead atoms. The van der Waals surface area contributed by atoms with Crippen LogP contribution < -0.4 is 0 Å². The molecule has 0 saturated carbocycles. The zero-order valence-corrected chi connectivity index (χ0v) is 8.94. The first-order valence-corrected chi connectivity index (χ1v) is 4.35. The second-order valence-electron chi connectivity index (χ2n) is 2.84. The van der Waals surface area contributed by atoms with Crippen LogP contribution in [0.3, 0.4) is 0 Å². The highest BCUT2D eigenvalue weighted by atomic mass is 16.6. The lowest BCUT2D eigenvalue weighted by molar-refractivity contribution is -0.163. The van der Waals surface area contributed by atoms with E-state index in [9.17, 15) is 14.4 Å². The molecule has 0 radical (unpaired) electrons. The van der Waals surface area contributed by atoms with Crippen molar-refractivity contribution in [3.8, 4) is 0 Å². The molecule has 6 nitrogen and oxygen atoms in total. The zero-order chi connectivity index (χ0) is 11.8. The molecule has 0 aliphatic carbocycles. The van der Waals surface area contributed by atoms with Crippen LogP contribution in [-0.4, -0.2) is 37.2 Å². The van der Waals surface area contributed by atoms with Crippen LogP contribution in [0.15, 0.2) is 0 Å². The molecule has 0 fully saturated rings. The average Bonchev–Trinajstić information content (AvgIpc) is 2.08. The van der Waals surface area contributed by atoms with Crippen LogP contribution in [0.4, 0.5) is 0 Å². The molecular formula is C16H42O6. The van der Waals surface area contributed by atoms with Crippen LogP contribution in [0.1, 0.15) is 72.8 Å². The Morgan fingerprint density at radius 2 is 0.909 bits per heavy atom. The van der Waals surface area contributed by atoms with Crippen molar-refractivity contribution in [2.75, 3.05) is 13.2 Å². The molecule has 6 heteroatoms. The van der Waals surface area contributed by atoms with E-state index < -0.39 is 24.0 Å². The minimum absolute atomic E-state index is 0. The first-order chi connectivity index (χ1) is 6.91. The SMILES string of the molecule is C.C.C.C.C.C.C.CC(=O)OCC(COC(C)=O)OC(C)=O. The van der Waals surface area contributed by atoms with E-state index in [1.165, 1.54) is 20.8 Å². The van der Waals surface area contributed by atoms with E-state index in [1.807, 2.05) is 0 Å². The van der Waals surface area contributed by atoms with Gasteiger partial charge in [-0.1, -0.05) is 52.0 Å². The van der Waals surface area contributed by atoms with E-state index in [-0.39, 0.29) is 65.2 Å². The predicted molar refractivity (Wildman–Crippen MR) is 95.9 cm³/mol. The Labute approximate surface area is 139 Å². The smallest absolute Gasteiger partial charge is 0.303 e. The van der Waals surface area contributed by atoms with Gasteiger partial charge in [-0.2, -0.15) is 0 Å². The molecule has 22 heavy (non-hydrogen) atoms. The van der Waals surface area contributed by atoms with E-state index in [2.05, 4.69) is 9.47 Å². The Kier molecular flexibility index (Phi) is 62.9. The standard InChI is InChI=1S/C9H14O6.7CH4/c1-6(10)13-4-9(15-8(3)12)5-14-7(2)11;;;;;;;/h9H,4-5H2,1-3H3;7*1H4. The van der Waals surface area contributed by atoms with Gasteiger partial charge in [-0.3, -0.25) is 14.4 Å². The van der Waals surface area contributed by atoms with E-state index >= 15 is 0 Å². The van der Waals surface area contributed by atoms with Crippen LogP contribution in [-0.2, 0) is 28.6 Å². The Balaban J connectivity index is -0.0000000467. The molecule has 0 amide bonds. The summed E-state index contributed by atoms with van der Waals surface area (Å²) in [5, 5.41) is 0. The minimum atomic E-state index is -0.754. The fourth-order valence-corrected chi connectivity index (χ4v) is 0.771. The maximum Gasteiger partial charge on any atom is 0.303 e. The lowest BCUT2D eigenvalue weighted by atomic mass is 10.4. The lowest BCUT2D eigenvalue weighted by Gasteiger charge is -2.15. The molecule has 0 aromatic heterocycles. The molecule has 0 spiro atoms. The quantitative estimate of drug-likeness (QED) is 0.545. The summed E-state index contributed by atoms with van der Waals surface area (Å²) in [6, 6.07) is 0. The Bertz CT molecular complexity index is 233. The Hall–Kier alpha value is -1.59. The predicted octanol–water partition coefficient (Wildman–Crippen LogP) is 4.50. The third kappa shape index (κ3) is 36.2. The van der Waals surface area contributed by atoms with Gasteiger partial charge in [-0.15, -0.1) is 0 Å². The van der Waals surface area contributed by atoms with Gasteiger partial charge in [0.2, 0.25) is 0 Å². The maximum absolute atomic E-state index is 10.6. The fourth-order valence-electron chi connectivity index (χ4n) is 0.771. The second-order valence-corrected chi connectivity index (χ2v) is 2.84. The van der Waals surface area contributed by atoms with Gasteiger partial charge in [-0.25, -0.2) is 0 Å². The molecule has 0 aromatic carbocycles. The summed E-state index contributed by atoms with van der Waals surface area (Å²) in [4.78, 5) is 31.6. The fraction of sp³-hybridized carbons (Fsp3) is 0.812. The highest BCUT2D eigenvalue weighted by molar-refractivity contribution is 5.67. The number of hydrogen-bond acceptors (Lipinski definition) is 6. The second kappa shape index (κ2) is 27.7. The van der Waals surface area contributed by atoms with Crippen molar-refractivity contribution in [2.45, 2.75) is 78.9 Å². The molecule has 0 aliphatic heterocycles. The summed E-state index contributed by atoms with van der Waals surface area (Å²) in [5.41, 5.74) is 0. The van der Waals surface area contributed by atoms with Crippen LogP contribution >= 0.6 is 0 Å². The molecule has 0 saturated heterocycles. The third-order valence-corrected chi connectivity index (χ3v) is 1.28. The van der Waals surface area contributed by atoms with Crippen molar-refractivity contribution in [1.82, 2.24) is 0 Å². The van der Waals surface area contributed by atoms with Gasteiger partial charge < -0.3 is 14.2 Å². The van der Waals surface area contributed by atoms with E-state index in [1.54, 1.807) is 0 Å². The van der Waals surface area contributed by atoms with Crippen LogP contribution in [0.5, 0.6) is 0 Å². The number of hydrogen-bond donors (Lipinski definition) is 0. The Morgan fingerprint density at radius 3 is 1.09 bits per heavy atom. The zero-order valence-electron chi connectivity index (χ0n) is 8.94. The highest BCUT2D eigenvalue weighted by Gasteiger charge is 2.15. The van der Waals surface area contributed by atoms with Gasteiger partial charge in [0.15, 0.2) is 6.10 Å². The van der Waals surface area contributed by atoms with Gasteiger partial charge >= 0.3 is 17.9 Å². The monoisotopic (exact) mass is 330 g/mol. The average molecular weight is 331 g/mol. The van der Waals surface area contributed by atoms with Gasteiger partial charge in [0.25, 0.3) is 0 Å². The summed E-state index contributed by atoms with van der Waals surface area (Å²) in [6.07, 6.45) is -0.754. The van der Waals surface area contributed by atoms with Crippen molar-refractivity contribution < 1.29 is 28.6 Å². The summed E-state index contributed by atoms with van der Waals surface area (Å²) in [7, 11) is 0. The van der Waals surface area contributed by atoms with Crippen molar-refractivity contribution in [3.05, 3.63) is 0 Å². The summed E-state index contributed by atoms with van der Waals surface area (Å²) >= 11 is 0.